The summed E-state index contributed by atoms with van der Waals surface area (Å²) in [6.45, 7) is 3.31. The van der Waals surface area contributed by atoms with Crippen LogP contribution >= 0.6 is 0 Å². The van der Waals surface area contributed by atoms with Gasteiger partial charge in [0.1, 0.15) is 0 Å². The van der Waals surface area contributed by atoms with Crippen LogP contribution in [0, 0.1) is 0 Å². The van der Waals surface area contributed by atoms with E-state index in [-0.39, 0.29) is 36.9 Å². The standard InChI is InChI=1S/C23H25N5O3/c29-19(15-28-17-25-21-9-5-4-8-20(21)23(28)31)14-24-22(30)16-26-10-12-27(13-11-26)18-6-2-1-3-7-18/h1-9,17H,10-16H2,(H,24,30). The number of anilines is 1. The second-order valence-corrected chi connectivity index (χ2v) is 7.61. The number of piperazine rings is 1. The van der Waals surface area contributed by atoms with Crippen LogP contribution in [-0.4, -0.2) is 65.4 Å². The Labute approximate surface area is 180 Å². The van der Waals surface area contributed by atoms with Crippen LogP contribution in [0.5, 0.6) is 0 Å². The number of para-hydroxylation sites is 2. The lowest BCUT2D eigenvalue weighted by atomic mass is 10.2. The van der Waals surface area contributed by atoms with Gasteiger partial charge in [-0.3, -0.25) is 23.9 Å². The van der Waals surface area contributed by atoms with Gasteiger partial charge in [-0.15, -0.1) is 0 Å². The van der Waals surface area contributed by atoms with Crippen molar-refractivity contribution in [1.29, 1.82) is 0 Å². The van der Waals surface area contributed by atoms with Crippen molar-refractivity contribution in [1.82, 2.24) is 19.8 Å². The van der Waals surface area contributed by atoms with Gasteiger partial charge in [-0.05, 0) is 24.3 Å². The van der Waals surface area contributed by atoms with Crippen molar-refractivity contribution < 1.29 is 9.59 Å². The Hall–Kier alpha value is -3.52. The largest absolute Gasteiger partial charge is 0.369 e. The Balaban J connectivity index is 1.23. The molecule has 2 aromatic carbocycles. The first-order valence-corrected chi connectivity index (χ1v) is 10.3. The van der Waals surface area contributed by atoms with E-state index in [1.165, 1.54) is 16.6 Å². The normalized spacial score (nSPS) is 14.5. The van der Waals surface area contributed by atoms with E-state index in [0.717, 1.165) is 26.2 Å². The fourth-order valence-electron chi connectivity index (χ4n) is 3.72. The van der Waals surface area contributed by atoms with E-state index >= 15 is 0 Å². The smallest absolute Gasteiger partial charge is 0.261 e. The summed E-state index contributed by atoms with van der Waals surface area (Å²) in [5, 5.41) is 3.14. The van der Waals surface area contributed by atoms with E-state index in [9.17, 15) is 14.4 Å². The molecule has 4 rings (SSSR count). The maximum absolute atomic E-state index is 12.5. The first kappa shape index (κ1) is 20.7. The van der Waals surface area contributed by atoms with E-state index < -0.39 is 0 Å². The number of fused-ring (bicyclic) bond motifs is 1. The molecule has 160 valence electrons. The summed E-state index contributed by atoms with van der Waals surface area (Å²) in [6.07, 6.45) is 1.37. The number of benzene rings is 2. The van der Waals surface area contributed by atoms with Gasteiger partial charge in [0.05, 0.1) is 36.9 Å². The summed E-state index contributed by atoms with van der Waals surface area (Å²) in [7, 11) is 0. The highest BCUT2D eigenvalue weighted by atomic mass is 16.2. The average molecular weight is 419 g/mol. The number of rotatable bonds is 7. The Morgan fingerprint density at radius 2 is 1.61 bits per heavy atom. The van der Waals surface area contributed by atoms with Crippen molar-refractivity contribution in [2.24, 2.45) is 0 Å². The topological polar surface area (TPSA) is 87.5 Å². The van der Waals surface area contributed by atoms with Crippen molar-refractivity contribution >= 4 is 28.3 Å². The quantitative estimate of drug-likeness (QED) is 0.612. The van der Waals surface area contributed by atoms with Crippen LogP contribution in [-0.2, 0) is 16.1 Å². The van der Waals surface area contributed by atoms with Crippen molar-refractivity contribution in [3.8, 4) is 0 Å². The zero-order valence-corrected chi connectivity index (χ0v) is 17.2. The third kappa shape index (κ3) is 5.16. The van der Waals surface area contributed by atoms with E-state index in [4.69, 9.17) is 0 Å². The van der Waals surface area contributed by atoms with Gasteiger partial charge in [0.25, 0.3) is 5.56 Å². The van der Waals surface area contributed by atoms with Gasteiger partial charge in [-0.1, -0.05) is 30.3 Å². The third-order valence-electron chi connectivity index (χ3n) is 5.42. The number of ketones is 1. The van der Waals surface area contributed by atoms with Crippen LogP contribution in [0.15, 0.2) is 65.7 Å². The SMILES string of the molecule is O=C(CNC(=O)CN1CCN(c2ccccc2)CC1)Cn1cnc2ccccc2c1=O. The monoisotopic (exact) mass is 419 g/mol. The molecule has 1 amide bonds. The van der Waals surface area contributed by atoms with E-state index in [1.807, 2.05) is 18.2 Å². The predicted molar refractivity (Wildman–Crippen MR) is 119 cm³/mol. The lowest BCUT2D eigenvalue weighted by Crippen LogP contribution is -2.50. The highest BCUT2D eigenvalue weighted by Crippen LogP contribution is 2.15. The molecule has 0 unspecified atom stereocenters. The van der Waals surface area contributed by atoms with E-state index in [1.54, 1.807) is 24.3 Å². The number of aromatic nitrogens is 2. The number of carbonyl (C=O) groups is 2. The molecular formula is C23H25N5O3. The molecule has 0 bridgehead atoms. The Kier molecular flexibility index (Phi) is 6.37. The van der Waals surface area contributed by atoms with Gasteiger partial charge < -0.3 is 10.2 Å². The van der Waals surface area contributed by atoms with Gasteiger partial charge in [0, 0.05) is 31.9 Å². The number of nitrogens with zero attached hydrogens (tertiary/aromatic N) is 4. The van der Waals surface area contributed by atoms with Gasteiger partial charge in [0.15, 0.2) is 5.78 Å². The Morgan fingerprint density at radius 1 is 0.903 bits per heavy atom. The lowest BCUT2D eigenvalue weighted by Gasteiger charge is -2.35. The summed E-state index contributed by atoms with van der Waals surface area (Å²) in [6, 6.07) is 17.2. The number of amides is 1. The molecule has 0 spiro atoms. The summed E-state index contributed by atoms with van der Waals surface area (Å²) in [5.41, 5.74) is 1.52. The van der Waals surface area contributed by atoms with Crippen molar-refractivity contribution in [3.05, 3.63) is 71.3 Å². The van der Waals surface area contributed by atoms with Gasteiger partial charge in [-0.2, -0.15) is 0 Å². The minimum Gasteiger partial charge on any atom is -0.369 e. The molecule has 3 aromatic rings. The maximum atomic E-state index is 12.5. The third-order valence-corrected chi connectivity index (χ3v) is 5.42. The molecule has 1 aliphatic heterocycles. The minimum absolute atomic E-state index is 0.109. The van der Waals surface area contributed by atoms with E-state index in [0.29, 0.717) is 10.9 Å². The molecule has 1 aromatic heterocycles. The molecule has 31 heavy (non-hydrogen) atoms. The molecule has 0 aliphatic carbocycles. The summed E-state index contributed by atoms with van der Waals surface area (Å²) in [4.78, 5) is 45.6. The zero-order chi connectivity index (χ0) is 21.6. The van der Waals surface area contributed by atoms with Crippen LogP contribution in [0.2, 0.25) is 0 Å². The van der Waals surface area contributed by atoms with Gasteiger partial charge in [0.2, 0.25) is 5.91 Å². The van der Waals surface area contributed by atoms with Crippen LogP contribution in [0.3, 0.4) is 0 Å². The molecule has 8 heteroatoms. The molecule has 1 aliphatic rings. The molecule has 1 N–H and O–H groups in total. The van der Waals surface area contributed by atoms with Crippen molar-refractivity contribution in [3.63, 3.8) is 0 Å². The molecule has 2 heterocycles. The first-order chi connectivity index (χ1) is 15.1. The van der Waals surface area contributed by atoms with Crippen LogP contribution in [0.1, 0.15) is 0 Å². The fraction of sp³-hybridized carbons (Fsp3) is 0.304. The maximum Gasteiger partial charge on any atom is 0.261 e. The van der Waals surface area contributed by atoms with Crippen LogP contribution in [0.4, 0.5) is 5.69 Å². The minimum atomic E-state index is -0.262. The summed E-state index contributed by atoms with van der Waals surface area (Å²) < 4.78 is 1.28. The Bertz CT molecular complexity index is 1120. The molecule has 0 saturated carbocycles. The number of hydrogen-bond donors (Lipinski definition) is 1. The van der Waals surface area contributed by atoms with Crippen molar-refractivity contribution in [2.45, 2.75) is 6.54 Å². The molecule has 0 atom stereocenters. The number of Topliss-reactive ketones (excluding diaryl/α,β-unsaturated/α-hetero) is 1. The second-order valence-electron chi connectivity index (χ2n) is 7.61. The van der Waals surface area contributed by atoms with Crippen LogP contribution in [0.25, 0.3) is 10.9 Å². The zero-order valence-electron chi connectivity index (χ0n) is 17.2. The molecule has 0 radical (unpaired) electrons. The van der Waals surface area contributed by atoms with Gasteiger partial charge >= 0.3 is 0 Å². The average Bonchev–Trinajstić information content (AvgIpc) is 2.81. The predicted octanol–water partition coefficient (Wildman–Crippen LogP) is 0.904. The van der Waals surface area contributed by atoms with Gasteiger partial charge in [-0.25, -0.2) is 4.98 Å². The number of hydrogen-bond acceptors (Lipinski definition) is 6. The highest BCUT2D eigenvalue weighted by molar-refractivity contribution is 5.87. The molecule has 1 saturated heterocycles. The van der Waals surface area contributed by atoms with Crippen LogP contribution < -0.4 is 15.8 Å². The number of carbonyl (C=O) groups excluding carboxylic acids is 2. The fourth-order valence-corrected chi connectivity index (χ4v) is 3.72. The summed E-state index contributed by atoms with van der Waals surface area (Å²) >= 11 is 0. The van der Waals surface area contributed by atoms with Crippen molar-refractivity contribution in [2.75, 3.05) is 44.2 Å². The number of nitrogens with one attached hydrogen (secondary N) is 1. The Morgan fingerprint density at radius 3 is 2.39 bits per heavy atom. The second kappa shape index (κ2) is 9.53. The first-order valence-electron chi connectivity index (χ1n) is 10.3. The molecule has 1 fully saturated rings. The lowest BCUT2D eigenvalue weighted by molar-refractivity contribution is -0.126. The highest BCUT2D eigenvalue weighted by Gasteiger charge is 2.19. The summed E-state index contributed by atoms with van der Waals surface area (Å²) in [5.74, 6) is -0.438. The van der Waals surface area contributed by atoms with E-state index in [2.05, 4.69) is 32.2 Å². The molecule has 8 nitrogen and oxygen atoms in total. The molecular weight excluding hydrogens is 394 g/mol.